The van der Waals surface area contributed by atoms with Gasteiger partial charge in [-0.25, -0.2) is 0 Å². The number of methoxy groups -OCH3 is 1. The second-order valence-corrected chi connectivity index (χ2v) is 5.22. The number of aromatic nitrogens is 1. The van der Waals surface area contributed by atoms with Crippen molar-refractivity contribution in [1.29, 1.82) is 0 Å². The van der Waals surface area contributed by atoms with Crippen molar-refractivity contribution in [2.75, 3.05) is 13.7 Å². The maximum atomic E-state index is 12.4. The van der Waals surface area contributed by atoms with Crippen molar-refractivity contribution in [2.45, 2.75) is 45.1 Å². The first-order chi connectivity index (χ1) is 9.63. The predicted octanol–water partition coefficient (Wildman–Crippen LogP) is 1.39. The van der Waals surface area contributed by atoms with Gasteiger partial charge in [0, 0.05) is 31.5 Å². The van der Waals surface area contributed by atoms with E-state index in [-0.39, 0.29) is 12.0 Å². The fraction of sp³-hybridized carbons (Fsp3) is 0.600. The summed E-state index contributed by atoms with van der Waals surface area (Å²) in [5.74, 6) is -0.957. The summed E-state index contributed by atoms with van der Waals surface area (Å²) in [5, 5.41) is 8.93. The first kappa shape index (κ1) is 14.8. The normalized spacial score (nSPS) is 14.1. The molecule has 0 unspecified atom stereocenters. The van der Waals surface area contributed by atoms with Crippen LogP contribution in [0.5, 0.6) is 0 Å². The van der Waals surface area contributed by atoms with Crippen molar-refractivity contribution >= 4 is 5.97 Å². The quantitative estimate of drug-likeness (QED) is 0.799. The van der Waals surface area contributed by atoms with Gasteiger partial charge < -0.3 is 14.4 Å². The van der Waals surface area contributed by atoms with Crippen molar-refractivity contribution in [2.24, 2.45) is 0 Å². The Morgan fingerprint density at radius 3 is 2.85 bits per heavy atom. The van der Waals surface area contributed by atoms with E-state index in [1.807, 2.05) is 0 Å². The predicted molar refractivity (Wildman–Crippen MR) is 75.2 cm³/mol. The molecule has 0 saturated heterocycles. The molecule has 0 atom stereocenters. The molecule has 5 heteroatoms. The van der Waals surface area contributed by atoms with Gasteiger partial charge in [-0.3, -0.25) is 9.59 Å². The number of hydrogen-bond donors (Lipinski definition) is 1. The Balaban J connectivity index is 2.39. The lowest BCUT2D eigenvalue weighted by Gasteiger charge is -2.22. The Morgan fingerprint density at radius 2 is 2.15 bits per heavy atom. The number of hydrogen-bond acceptors (Lipinski definition) is 3. The molecule has 1 aromatic heterocycles. The molecule has 20 heavy (non-hydrogen) atoms. The number of pyridine rings is 1. The fourth-order valence-electron chi connectivity index (χ4n) is 2.84. The van der Waals surface area contributed by atoms with Gasteiger partial charge in [0.1, 0.15) is 0 Å². The molecular formula is C15H21NO4. The average Bonchev–Trinajstić information content (AvgIpc) is 2.42. The second-order valence-electron chi connectivity index (χ2n) is 5.22. The topological polar surface area (TPSA) is 68.5 Å². The minimum atomic E-state index is -0.957. The molecule has 1 aliphatic rings. The Labute approximate surface area is 118 Å². The second kappa shape index (κ2) is 6.70. The summed E-state index contributed by atoms with van der Waals surface area (Å²) in [4.78, 5) is 23.3. The number of aliphatic carboxylic acids is 1. The summed E-state index contributed by atoms with van der Waals surface area (Å²) in [6, 6.07) is 1.80. The lowest BCUT2D eigenvalue weighted by Crippen LogP contribution is -2.31. The van der Waals surface area contributed by atoms with E-state index >= 15 is 0 Å². The van der Waals surface area contributed by atoms with Gasteiger partial charge in [0.05, 0.1) is 6.42 Å². The van der Waals surface area contributed by atoms with Crippen molar-refractivity contribution in [3.63, 3.8) is 0 Å². The summed E-state index contributed by atoms with van der Waals surface area (Å²) in [6.07, 6.45) is 4.61. The molecule has 1 N–H and O–H groups in total. The van der Waals surface area contributed by atoms with Crippen molar-refractivity contribution in [1.82, 2.24) is 4.57 Å². The standard InChI is InChI=1S/C15H21NO4/c1-20-8-4-7-16-13-6-3-2-5-11(13)9-12(15(16)19)10-14(17)18/h9H,2-8,10H2,1H3,(H,17,18). The minimum Gasteiger partial charge on any atom is -0.481 e. The SMILES string of the molecule is COCCCn1c2c(cc(CC(=O)O)c1=O)CCCC2. The molecular weight excluding hydrogens is 258 g/mol. The van der Waals surface area contributed by atoms with Crippen LogP contribution in [0.2, 0.25) is 0 Å². The third kappa shape index (κ3) is 3.28. The molecule has 0 aliphatic heterocycles. The monoisotopic (exact) mass is 279 g/mol. The number of carboxylic acids is 1. The largest absolute Gasteiger partial charge is 0.481 e. The Morgan fingerprint density at radius 1 is 1.40 bits per heavy atom. The molecule has 0 saturated carbocycles. The molecule has 1 aromatic rings. The zero-order valence-corrected chi connectivity index (χ0v) is 11.9. The summed E-state index contributed by atoms with van der Waals surface area (Å²) in [5.41, 5.74) is 2.48. The van der Waals surface area contributed by atoms with E-state index in [2.05, 4.69) is 0 Å². The highest BCUT2D eigenvalue weighted by atomic mass is 16.5. The van der Waals surface area contributed by atoms with Gasteiger partial charge in [-0.05, 0) is 43.7 Å². The van der Waals surface area contributed by atoms with E-state index in [0.717, 1.165) is 43.4 Å². The van der Waals surface area contributed by atoms with Crippen LogP contribution in [-0.4, -0.2) is 29.4 Å². The number of carbonyl (C=O) groups is 1. The van der Waals surface area contributed by atoms with Gasteiger partial charge in [-0.1, -0.05) is 0 Å². The molecule has 110 valence electrons. The van der Waals surface area contributed by atoms with Gasteiger partial charge in [0.25, 0.3) is 5.56 Å². The molecule has 0 radical (unpaired) electrons. The summed E-state index contributed by atoms with van der Waals surface area (Å²) in [6.45, 7) is 1.20. The van der Waals surface area contributed by atoms with Crippen molar-refractivity contribution < 1.29 is 14.6 Å². The van der Waals surface area contributed by atoms with Gasteiger partial charge in [0.2, 0.25) is 0 Å². The summed E-state index contributed by atoms with van der Waals surface area (Å²) < 4.78 is 6.80. The summed E-state index contributed by atoms with van der Waals surface area (Å²) in [7, 11) is 1.64. The maximum Gasteiger partial charge on any atom is 0.308 e. The third-order valence-electron chi connectivity index (χ3n) is 3.75. The van der Waals surface area contributed by atoms with E-state index in [0.29, 0.717) is 18.7 Å². The lowest BCUT2D eigenvalue weighted by atomic mass is 9.93. The Kier molecular flexibility index (Phi) is 4.95. The number of aryl methyl sites for hydroxylation is 1. The van der Waals surface area contributed by atoms with Crippen LogP contribution < -0.4 is 5.56 Å². The van der Waals surface area contributed by atoms with Crippen molar-refractivity contribution in [3.05, 3.63) is 33.2 Å². The molecule has 0 aromatic carbocycles. The molecule has 2 rings (SSSR count). The molecule has 0 amide bonds. The highest BCUT2D eigenvalue weighted by Crippen LogP contribution is 2.21. The van der Waals surface area contributed by atoms with Crippen LogP contribution in [0.3, 0.4) is 0 Å². The summed E-state index contributed by atoms with van der Waals surface area (Å²) >= 11 is 0. The van der Waals surface area contributed by atoms with Crippen molar-refractivity contribution in [3.8, 4) is 0 Å². The molecule has 0 bridgehead atoms. The number of nitrogens with zero attached hydrogens (tertiary/aromatic N) is 1. The van der Waals surface area contributed by atoms with E-state index in [1.54, 1.807) is 17.7 Å². The molecule has 0 spiro atoms. The molecule has 1 heterocycles. The Hall–Kier alpha value is -1.62. The fourth-order valence-corrected chi connectivity index (χ4v) is 2.84. The number of carboxylic acid groups (broad SMARTS) is 1. The number of ether oxygens (including phenoxy) is 1. The van der Waals surface area contributed by atoms with E-state index in [9.17, 15) is 9.59 Å². The van der Waals surface area contributed by atoms with Crippen LogP contribution in [0.15, 0.2) is 10.9 Å². The van der Waals surface area contributed by atoms with E-state index in [1.165, 1.54) is 0 Å². The molecule has 1 aliphatic carbocycles. The smallest absolute Gasteiger partial charge is 0.308 e. The van der Waals surface area contributed by atoms with E-state index < -0.39 is 5.97 Å². The van der Waals surface area contributed by atoms with Gasteiger partial charge >= 0.3 is 5.97 Å². The van der Waals surface area contributed by atoms with E-state index in [4.69, 9.17) is 9.84 Å². The van der Waals surface area contributed by atoms with Crippen LogP contribution in [0.4, 0.5) is 0 Å². The van der Waals surface area contributed by atoms with Gasteiger partial charge in [-0.2, -0.15) is 0 Å². The highest BCUT2D eigenvalue weighted by molar-refractivity contribution is 5.70. The van der Waals surface area contributed by atoms with Crippen LogP contribution in [0.1, 0.15) is 36.1 Å². The molecule has 5 nitrogen and oxygen atoms in total. The van der Waals surface area contributed by atoms with Crippen LogP contribution in [-0.2, 0) is 35.3 Å². The van der Waals surface area contributed by atoms with Crippen LogP contribution in [0, 0.1) is 0 Å². The molecule has 0 fully saturated rings. The highest BCUT2D eigenvalue weighted by Gasteiger charge is 2.18. The zero-order chi connectivity index (χ0) is 14.5. The minimum absolute atomic E-state index is 0.149. The average molecular weight is 279 g/mol. The Bertz CT molecular complexity index is 548. The first-order valence-electron chi connectivity index (χ1n) is 7.08. The number of rotatable bonds is 6. The maximum absolute atomic E-state index is 12.4. The van der Waals surface area contributed by atoms with Crippen LogP contribution in [0.25, 0.3) is 0 Å². The lowest BCUT2D eigenvalue weighted by molar-refractivity contribution is -0.136. The number of fused-ring (bicyclic) bond motifs is 1. The first-order valence-corrected chi connectivity index (χ1v) is 7.08. The van der Waals surface area contributed by atoms with Crippen LogP contribution >= 0.6 is 0 Å². The third-order valence-corrected chi connectivity index (χ3v) is 3.75. The van der Waals surface area contributed by atoms with Gasteiger partial charge in [0.15, 0.2) is 0 Å². The van der Waals surface area contributed by atoms with Gasteiger partial charge in [-0.15, -0.1) is 0 Å². The zero-order valence-electron chi connectivity index (χ0n) is 11.9.